The lowest BCUT2D eigenvalue weighted by atomic mass is 9.98. The Morgan fingerprint density at radius 3 is 2.85 bits per heavy atom. The Morgan fingerprint density at radius 1 is 1.31 bits per heavy atom. The summed E-state index contributed by atoms with van der Waals surface area (Å²) in [5.74, 6) is -1.85. The number of benzene rings is 1. The number of likely N-dealkylation sites (tertiary alicyclic amines) is 1. The van der Waals surface area contributed by atoms with Crippen molar-refractivity contribution in [1.82, 2.24) is 19.6 Å². The maximum Gasteiger partial charge on any atom is 0.308 e. The number of carbonyl (C=O) groups is 3. The summed E-state index contributed by atoms with van der Waals surface area (Å²) >= 11 is 0. The lowest BCUT2D eigenvalue weighted by Crippen LogP contribution is -2.47. The van der Waals surface area contributed by atoms with E-state index in [4.69, 9.17) is 5.11 Å². The van der Waals surface area contributed by atoms with Gasteiger partial charge in [-0.25, -0.2) is 0 Å². The fraction of sp³-hybridized carbons (Fsp3) is 0.444. The molecule has 1 saturated heterocycles. The van der Waals surface area contributed by atoms with Crippen LogP contribution in [0.4, 0.5) is 0 Å². The Labute approximate surface area is 151 Å². The quantitative estimate of drug-likeness (QED) is 0.854. The fourth-order valence-electron chi connectivity index (χ4n) is 3.20. The Balaban J connectivity index is 1.58. The minimum atomic E-state index is -0.877. The predicted octanol–water partition coefficient (Wildman–Crippen LogP) is 0.818. The molecule has 138 valence electrons. The second-order valence-corrected chi connectivity index (χ2v) is 6.63. The van der Waals surface area contributed by atoms with Gasteiger partial charge in [0.1, 0.15) is 6.54 Å². The predicted molar refractivity (Wildman–Crippen MR) is 94.3 cm³/mol. The topological polar surface area (TPSA) is 95.7 Å². The van der Waals surface area contributed by atoms with E-state index in [9.17, 15) is 14.4 Å². The largest absolute Gasteiger partial charge is 0.481 e. The fourth-order valence-corrected chi connectivity index (χ4v) is 3.20. The number of hydrogen-bond acceptors (Lipinski definition) is 4. The van der Waals surface area contributed by atoms with Gasteiger partial charge in [0.05, 0.1) is 24.2 Å². The molecule has 8 nitrogen and oxygen atoms in total. The Hall–Kier alpha value is -2.90. The molecule has 3 rings (SSSR count). The van der Waals surface area contributed by atoms with Crippen LogP contribution in [0, 0.1) is 5.92 Å². The first-order valence-electron chi connectivity index (χ1n) is 8.61. The number of hydrogen-bond donors (Lipinski definition) is 1. The highest BCUT2D eigenvalue weighted by Crippen LogP contribution is 2.17. The van der Waals surface area contributed by atoms with E-state index in [2.05, 4.69) is 5.10 Å². The van der Waals surface area contributed by atoms with E-state index in [0.29, 0.717) is 19.4 Å². The number of fused-ring (bicyclic) bond motifs is 1. The van der Waals surface area contributed by atoms with Gasteiger partial charge in [-0.2, -0.15) is 5.10 Å². The number of amides is 2. The summed E-state index contributed by atoms with van der Waals surface area (Å²) in [6, 6.07) is 7.60. The number of piperidine rings is 1. The zero-order chi connectivity index (χ0) is 18.7. The summed E-state index contributed by atoms with van der Waals surface area (Å²) in [4.78, 5) is 38.9. The number of para-hydroxylation sites is 1. The second kappa shape index (κ2) is 7.55. The molecule has 0 bridgehead atoms. The lowest BCUT2D eigenvalue weighted by molar-refractivity contribution is -0.147. The number of likely N-dealkylation sites (N-methyl/N-ethyl adjacent to an activating group) is 1. The average molecular weight is 358 g/mol. The molecule has 0 spiro atoms. The van der Waals surface area contributed by atoms with Crippen molar-refractivity contribution >= 4 is 28.7 Å². The van der Waals surface area contributed by atoms with Crippen LogP contribution in [0.3, 0.4) is 0 Å². The summed E-state index contributed by atoms with van der Waals surface area (Å²) < 4.78 is 1.61. The number of carboxylic acid groups (broad SMARTS) is 1. The first-order valence-corrected chi connectivity index (χ1v) is 8.61. The maximum atomic E-state index is 12.4. The molecule has 2 aromatic rings. The molecule has 1 aliphatic heterocycles. The van der Waals surface area contributed by atoms with Gasteiger partial charge < -0.3 is 14.9 Å². The molecule has 0 aliphatic carbocycles. The molecular formula is C18H22N4O4. The van der Waals surface area contributed by atoms with Crippen molar-refractivity contribution < 1.29 is 19.5 Å². The van der Waals surface area contributed by atoms with E-state index < -0.39 is 11.9 Å². The zero-order valence-corrected chi connectivity index (χ0v) is 14.7. The van der Waals surface area contributed by atoms with Crippen molar-refractivity contribution in [3.05, 3.63) is 30.5 Å². The van der Waals surface area contributed by atoms with E-state index >= 15 is 0 Å². The number of nitrogens with zero attached hydrogens (tertiary/aromatic N) is 4. The minimum Gasteiger partial charge on any atom is -0.481 e. The van der Waals surface area contributed by atoms with Crippen LogP contribution < -0.4 is 0 Å². The van der Waals surface area contributed by atoms with Gasteiger partial charge in [0, 0.05) is 25.5 Å². The molecule has 1 aromatic heterocycles. The van der Waals surface area contributed by atoms with Crippen LogP contribution in [-0.4, -0.2) is 69.2 Å². The van der Waals surface area contributed by atoms with Crippen molar-refractivity contribution in [2.24, 2.45) is 5.92 Å². The molecule has 1 N–H and O–H groups in total. The standard InChI is InChI=1S/C18H22N4O4/c1-20(11-17(24)21-8-4-6-14(10-21)18(25)26)16(23)12-22-15-7-3-2-5-13(15)9-19-22/h2-3,5,7,9,14H,4,6,8,10-12H2,1H3,(H,25,26). The molecule has 1 fully saturated rings. The number of carbonyl (C=O) groups excluding carboxylic acids is 2. The maximum absolute atomic E-state index is 12.4. The molecule has 1 atom stereocenters. The number of rotatable bonds is 5. The van der Waals surface area contributed by atoms with Crippen LogP contribution in [0.25, 0.3) is 10.9 Å². The van der Waals surface area contributed by atoms with Gasteiger partial charge >= 0.3 is 5.97 Å². The molecule has 2 heterocycles. The number of carboxylic acids is 1. The van der Waals surface area contributed by atoms with Crippen molar-refractivity contribution in [1.29, 1.82) is 0 Å². The van der Waals surface area contributed by atoms with Crippen LogP contribution in [0.1, 0.15) is 12.8 Å². The van der Waals surface area contributed by atoms with Gasteiger partial charge in [-0.15, -0.1) is 0 Å². The Morgan fingerprint density at radius 2 is 2.08 bits per heavy atom. The molecule has 26 heavy (non-hydrogen) atoms. The molecule has 2 amide bonds. The third-order valence-electron chi connectivity index (χ3n) is 4.76. The molecule has 1 aromatic carbocycles. The molecule has 1 unspecified atom stereocenters. The number of aromatic nitrogens is 2. The van der Waals surface area contributed by atoms with Crippen LogP contribution >= 0.6 is 0 Å². The highest BCUT2D eigenvalue weighted by atomic mass is 16.4. The first-order chi connectivity index (χ1) is 12.5. The van der Waals surface area contributed by atoms with Crippen molar-refractivity contribution in [3.63, 3.8) is 0 Å². The monoisotopic (exact) mass is 358 g/mol. The Bertz CT molecular complexity index is 831. The summed E-state index contributed by atoms with van der Waals surface area (Å²) in [5, 5.41) is 14.3. The highest BCUT2D eigenvalue weighted by Gasteiger charge is 2.29. The van der Waals surface area contributed by atoms with E-state index in [1.165, 1.54) is 9.80 Å². The minimum absolute atomic E-state index is 0.0506. The van der Waals surface area contributed by atoms with Gasteiger partial charge in [0.15, 0.2) is 0 Å². The average Bonchev–Trinajstić information content (AvgIpc) is 3.04. The molecule has 0 radical (unpaired) electrons. The van der Waals surface area contributed by atoms with Crippen LogP contribution in [-0.2, 0) is 20.9 Å². The third-order valence-corrected chi connectivity index (χ3v) is 4.76. The lowest BCUT2D eigenvalue weighted by Gasteiger charge is -2.32. The van der Waals surface area contributed by atoms with Crippen molar-refractivity contribution in [2.45, 2.75) is 19.4 Å². The first kappa shape index (κ1) is 17.9. The Kier molecular flexibility index (Phi) is 5.20. The SMILES string of the molecule is CN(CC(=O)N1CCCC(C(=O)O)C1)C(=O)Cn1ncc2ccccc21. The van der Waals surface area contributed by atoms with Crippen molar-refractivity contribution in [3.8, 4) is 0 Å². The highest BCUT2D eigenvalue weighted by molar-refractivity contribution is 5.86. The normalized spacial score (nSPS) is 17.3. The summed E-state index contributed by atoms with van der Waals surface area (Å²) in [5.41, 5.74) is 0.862. The molecule has 1 aliphatic rings. The molecule has 8 heteroatoms. The van der Waals surface area contributed by atoms with E-state index in [0.717, 1.165) is 10.9 Å². The van der Waals surface area contributed by atoms with E-state index in [1.807, 2.05) is 24.3 Å². The van der Waals surface area contributed by atoms with Crippen molar-refractivity contribution in [2.75, 3.05) is 26.7 Å². The van der Waals surface area contributed by atoms with Gasteiger partial charge in [-0.05, 0) is 18.9 Å². The van der Waals surface area contributed by atoms with Crippen LogP contribution in [0.15, 0.2) is 30.5 Å². The van der Waals surface area contributed by atoms with Gasteiger partial charge in [0.2, 0.25) is 11.8 Å². The summed E-state index contributed by atoms with van der Waals surface area (Å²) in [6.07, 6.45) is 2.95. The van der Waals surface area contributed by atoms with Gasteiger partial charge in [-0.1, -0.05) is 18.2 Å². The van der Waals surface area contributed by atoms with Crippen LogP contribution in [0.2, 0.25) is 0 Å². The second-order valence-electron chi connectivity index (χ2n) is 6.63. The van der Waals surface area contributed by atoms with E-state index in [1.54, 1.807) is 17.9 Å². The van der Waals surface area contributed by atoms with Crippen LogP contribution in [0.5, 0.6) is 0 Å². The summed E-state index contributed by atoms with van der Waals surface area (Å²) in [7, 11) is 1.57. The van der Waals surface area contributed by atoms with Gasteiger partial charge in [0.25, 0.3) is 0 Å². The van der Waals surface area contributed by atoms with Gasteiger partial charge in [-0.3, -0.25) is 19.1 Å². The molecule has 0 saturated carbocycles. The van der Waals surface area contributed by atoms with E-state index in [-0.39, 0.29) is 31.4 Å². The smallest absolute Gasteiger partial charge is 0.308 e. The molecular weight excluding hydrogens is 336 g/mol. The third kappa shape index (κ3) is 3.84. The summed E-state index contributed by atoms with van der Waals surface area (Å²) in [6.45, 7) is 0.730. The number of aliphatic carboxylic acids is 1. The zero-order valence-electron chi connectivity index (χ0n) is 14.7.